The summed E-state index contributed by atoms with van der Waals surface area (Å²) in [5, 5.41) is 4.15. The molecule has 0 N–H and O–H groups in total. The summed E-state index contributed by atoms with van der Waals surface area (Å²) in [7, 11) is 0. The lowest BCUT2D eigenvalue weighted by Gasteiger charge is -2.24. The molecule has 0 atom stereocenters. The number of anilines is 3. The molecule has 0 unspecified atom stereocenters. The molecule has 9 rings (SSSR count). The van der Waals surface area contributed by atoms with Crippen molar-refractivity contribution in [1.29, 1.82) is 0 Å². The van der Waals surface area contributed by atoms with Crippen molar-refractivity contribution in [2.75, 3.05) is 4.90 Å². The third kappa shape index (κ3) is 4.23. The molecule has 0 bridgehead atoms. The van der Waals surface area contributed by atoms with Crippen molar-refractivity contribution < 1.29 is 8.83 Å². The smallest absolute Gasteiger partial charge is 0.238 e. The molecule has 0 saturated carbocycles. The topological polar surface area (TPSA) is 68.2 Å². The fraction of sp³-hybridized carbons (Fsp3) is 0. The Hall–Kier alpha value is -6.27. The Morgan fingerprint density at radius 1 is 0.422 bits per heavy atom. The Bertz CT molecular complexity index is 2500. The molecule has 3 aromatic heterocycles. The summed E-state index contributed by atoms with van der Waals surface area (Å²) in [4.78, 5) is 17.3. The summed E-state index contributed by atoms with van der Waals surface area (Å²) in [5.74, 6) is 1.62. The fourth-order valence-corrected chi connectivity index (χ4v) is 6.06. The number of furan rings is 2. The van der Waals surface area contributed by atoms with Crippen LogP contribution in [0.2, 0.25) is 0 Å². The Kier molecular flexibility index (Phi) is 5.71. The van der Waals surface area contributed by atoms with E-state index in [9.17, 15) is 0 Å². The van der Waals surface area contributed by atoms with Gasteiger partial charge in [-0.05, 0) is 48.5 Å². The highest BCUT2D eigenvalue weighted by molar-refractivity contribution is 6.13. The molecular weight excluding hydrogens is 556 g/mol. The predicted molar refractivity (Wildman–Crippen MR) is 180 cm³/mol. The van der Waals surface area contributed by atoms with Crippen molar-refractivity contribution in [3.05, 3.63) is 146 Å². The third-order valence-electron chi connectivity index (χ3n) is 8.13. The van der Waals surface area contributed by atoms with E-state index >= 15 is 0 Å². The SMILES string of the molecule is c1ccc(-c2nc(-c3ccc4c(c3)oc3ccccc34)nc(N(c3ccccc3)c3cccc4oc5ccccc5c34)n2)cc1. The average Bonchev–Trinajstić information content (AvgIpc) is 3.68. The maximum Gasteiger partial charge on any atom is 0.238 e. The van der Waals surface area contributed by atoms with E-state index < -0.39 is 0 Å². The van der Waals surface area contributed by atoms with Crippen LogP contribution in [0.25, 0.3) is 66.7 Å². The van der Waals surface area contributed by atoms with E-state index in [0.717, 1.165) is 66.4 Å². The second-order valence-electron chi connectivity index (χ2n) is 10.9. The van der Waals surface area contributed by atoms with Crippen molar-refractivity contribution in [2.45, 2.75) is 0 Å². The van der Waals surface area contributed by atoms with Gasteiger partial charge in [0, 0.05) is 33.0 Å². The number of rotatable bonds is 5. The molecule has 0 aliphatic heterocycles. The maximum absolute atomic E-state index is 6.28. The normalized spacial score (nSPS) is 11.6. The second-order valence-corrected chi connectivity index (χ2v) is 10.9. The predicted octanol–water partition coefficient (Wildman–Crippen LogP) is 10.5. The van der Waals surface area contributed by atoms with Crippen LogP contribution in [0.5, 0.6) is 0 Å². The molecule has 45 heavy (non-hydrogen) atoms. The Morgan fingerprint density at radius 2 is 1.02 bits per heavy atom. The molecule has 0 aliphatic rings. The summed E-state index contributed by atoms with van der Waals surface area (Å²) in [5.41, 5.74) is 6.81. The van der Waals surface area contributed by atoms with Crippen LogP contribution in [-0.4, -0.2) is 15.0 Å². The first-order chi connectivity index (χ1) is 22.3. The van der Waals surface area contributed by atoms with Crippen LogP contribution in [-0.2, 0) is 0 Å². The lowest BCUT2D eigenvalue weighted by Crippen LogP contribution is -2.15. The van der Waals surface area contributed by atoms with E-state index in [2.05, 4.69) is 47.4 Å². The van der Waals surface area contributed by atoms with Crippen LogP contribution >= 0.6 is 0 Å². The van der Waals surface area contributed by atoms with Gasteiger partial charge < -0.3 is 8.83 Å². The average molecular weight is 581 g/mol. The van der Waals surface area contributed by atoms with Gasteiger partial charge in [0.1, 0.15) is 22.3 Å². The van der Waals surface area contributed by atoms with Gasteiger partial charge in [-0.1, -0.05) is 97.1 Å². The van der Waals surface area contributed by atoms with Crippen molar-refractivity contribution in [2.24, 2.45) is 0 Å². The molecule has 3 heterocycles. The van der Waals surface area contributed by atoms with Gasteiger partial charge in [-0.3, -0.25) is 4.90 Å². The third-order valence-corrected chi connectivity index (χ3v) is 8.13. The van der Waals surface area contributed by atoms with Crippen LogP contribution in [0.4, 0.5) is 17.3 Å². The van der Waals surface area contributed by atoms with Gasteiger partial charge in [0.2, 0.25) is 5.95 Å². The molecule has 9 aromatic rings. The first-order valence-electron chi connectivity index (χ1n) is 14.8. The summed E-state index contributed by atoms with van der Waals surface area (Å²) >= 11 is 0. The van der Waals surface area contributed by atoms with Crippen LogP contribution < -0.4 is 4.90 Å². The molecule has 0 radical (unpaired) electrons. The van der Waals surface area contributed by atoms with Crippen LogP contribution in [0.15, 0.2) is 154 Å². The molecule has 0 aliphatic carbocycles. The zero-order valence-electron chi connectivity index (χ0n) is 24.0. The fourth-order valence-electron chi connectivity index (χ4n) is 6.06. The van der Waals surface area contributed by atoms with Gasteiger partial charge in [0.05, 0.1) is 11.1 Å². The summed E-state index contributed by atoms with van der Waals surface area (Å²) in [6.45, 7) is 0. The Labute approximate surface area is 257 Å². The number of benzene rings is 6. The van der Waals surface area contributed by atoms with E-state index in [1.54, 1.807) is 0 Å². The molecule has 0 saturated heterocycles. The number of para-hydroxylation sites is 3. The van der Waals surface area contributed by atoms with Gasteiger partial charge in [0.25, 0.3) is 0 Å². The van der Waals surface area contributed by atoms with E-state index in [1.807, 2.05) is 103 Å². The van der Waals surface area contributed by atoms with Gasteiger partial charge >= 0.3 is 0 Å². The lowest BCUT2D eigenvalue weighted by molar-refractivity contribution is 0.668. The number of hydrogen-bond donors (Lipinski definition) is 0. The number of aromatic nitrogens is 3. The standard InChI is InChI=1S/C39H24N4O2/c1-3-12-25(13-4-1)37-40-38(26-22-23-29-28-16-7-9-19-32(28)45-35(29)24-26)42-39(41-37)43(27-14-5-2-6-15-27)31-18-11-21-34-36(31)30-17-8-10-20-33(30)44-34/h1-24H. The monoisotopic (exact) mass is 580 g/mol. The summed E-state index contributed by atoms with van der Waals surface area (Å²) < 4.78 is 12.5. The largest absolute Gasteiger partial charge is 0.456 e. The van der Waals surface area contributed by atoms with Crippen molar-refractivity contribution >= 4 is 61.2 Å². The van der Waals surface area contributed by atoms with Crippen LogP contribution in [0, 0.1) is 0 Å². The van der Waals surface area contributed by atoms with Crippen molar-refractivity contribution in [1.82, 2.24) is 15.0 Å². The van der Waals surface area contributed by atoms with E-state index in [1.165, 1.54) is 0 Å². The highest BCUT2D eigenvalue weighted by atomic mass is 16.3. The zero-order chi connectivity index (χ0) is 29.7. The van der Waals surface area contributed by atoms with E-state index in [4.69, 9.17) is 23.8 Å². The first kappa shape index (κ1) is 25.2. The minimum atomic E-state index is 0.493. The molecule has 212 valence electrons. The summed E-state index contributed by atoms with van der Waals surface area (Å²) in [6, 6.07) is 48.6. The maximum atomic E-state index is 6.28. The molecule has 6 heteroatoms. The minimum Gasteiger partial charge on any atom is -0.456 e. The Balaban J connectivity index is 1.31. The van der Waals surface area contributed by atoms with Gasteiger partial charge in [-0.2, -0.15) is 9.97 Å². The number of nitrogens with zero attached hydrogens (tertiary/aromatic N) is 4. The molecule has 0 amide bonds. The van der Waals surface area contributed by atoms with Crippen LogP contribution in [0.1, 0.15) is 0 Å². The highest BCUT2D eigenvalue weighted by Crippen LogP contribution is 2.42. The van der Waals surface area contributed by atoms with Gasteiger partial charge in [-0.15, -0.1) is 0 Å². The molecular formula is C39H24N4O2. The van der Waals surface area contributed by atoms with Gasteiger partial charge in [0.15, 0.2) is 11.6 Å². The van der Waals surface area contributed by atoms with Crippen molar-refractivity contribution in [3.8, 4) is 22.8 Å². The lowest BCUT2D eigenvalue weighted by atomic mass is 10.1. The number of fused-ring (bicyclic) bond motifs is 6. The second kappa shape index (κ2) is 10.2. The highest BCUT2D eigenvalue weighted by Gasteiger charge is 2.23. The molecule has 0 spiro atoms. The Morgan fingerprint density at radius 3 is 1.82 bits per heavy atom. The van der Waals surface area contributed by atoms with E-state index in [-0.39, 0.29) is 0 Å². The molecule has 6 nitrogen and oxygen atoms in total. The molecule has 6 aromatic carbocycles. The molecule has 0 fully saturated rings. The number of hydrogen-bond acceptors (Lipinski definition) is 6. The van der Waals surface area contributed by atoms with Gasteiger partial charge in [-0.25, -0.2) is 4.98 Å². The quantitative estimate of drug-likeness (QED) is 0.202. The summed E-state index contributed by atoms with van der Waals surface area (Å²) in [6.07, 6.45) is 0. The van der Waals surface area contributed by atoms with Crippen LogP contribution in [0.3, 0.4) is 0 Å². The minimum absolute atomic E-state index is 0.493. The van der Waals surface area contributed by atoms with Crippen molar-refractivity contribution in [3.63, 3.8) is 0 Å². The first-order valence-corrected chi connectivity index (χ1v) is 14.8. The van der Waals surface area contributed by atoms with E-state index in [0.29, 0.717) is 17.6 Å². The zero-order valence-corrected chi connectivity index (χ0v) is 24.0.